The van der Waals surface area contributed by atoms with Crippen molar-refractivity contribution >= 4 is 17.7 Å². The van der Waals surface area contributed by atoms with Gasteiger partial charge in [-0.15, -0.1) is 0 Å². The van der Waals surface area contributed by atoms with Crippen LogP contribution < -0.4 is 10.9 Å². The molecule has 7 heteroatoms. The quantitative estimate of drug-likeness (QED) is 0.562. The fraction of sp³-hybridized carbons (Fsp3) is 0.375. The van der Waals surface area contributed by atoms with Crippen LogP contribution in [0.15, 0.2) is 11.2 Å². The Morgan fingerprint density at radius 2 is 2.27 bits per heavy atom. The van der Waals surface area contributed by atoms with Crippen LogP contribution in [0, 0.1) is 0 Å². The van der Waals surface area contributed by atoms with Gasteiger partial charge in [-0.25, -0.2) is 0 Å². The summed E-state index contributed by atoms with van der Waals surface area (Å²) in [6, 6.07) is 0. The van der Waals surface area contributed by atoms with Crippen molar-refractivity contribution in [3.05, 3.63) is 11.8 Å². The molecule has 3 heterocycles. The van der Waals surface area contributed by atoms with Gasteiger partial charge in [0.2, 0.25) is 5.96 Å². The van der Waals surface area contributed by atoms with Gasteiger partial charge in [0.1, 0.15) is 6.54 Å². The normalized spacial score (nSPS) is 18.6. The fourth-order valence-electron chi connectivity index (χ4n) is 1.76. The first-order chi connectivity index (χ1) is 7.24. The molecule has 2 aliphatic rings. The average molecular weight is 206 g/mol. The monoisotopic (exact) mass is 206 g/mol. The lowest BCUT2D eigenvalue weighted by molar-refractivity contribution is -0.123. The number of nitrogens with one attached hydrogen (secondary N) is 2. The third-order valence-electron chi connectivity index (χ3n) is 2.50. The maximum absolute atomic E-state index is 11.1. The van der Waals surface area contributed by atoms with Crippen molar-refractivity contribution in [3.8, 4) is 0 Å². The van der Waals surface area contributed by atoms with Gasteiger partial charge in [-0.1, -0.05) is 0 Å². The molecule has 0 saturated carbocycles. The molecule has 0 aromatic carbocycles. The Bertz CT molecular complexity index is 462. The van der Waals surface area contributed by atoms with Crippen molar-refractivity contribution < 1.29 is 4.79 Å². The number of carbonyl (C=O) groups is 1. The van der Waals surface area contributed by atoms with Gasteiger partial charge >= 0.3 is 0 Å². The summed E-state index contributed by atoms with van der Waals surface area (Å²) in [5, 5.41) is 4.12. The number of amides is 1. The molecule has 2 aliphatic heterocycles. The highest BCUT2D eigenvalue weighted by molar-refractivity contribution is 5.93. The first-order valence-electron chi connectivity index (χ1n) is 4.63. The molecule has 1 fully saturated rings. The second-order valence-electron chi connectivity index (χ2n) is 3.58. The minimum Gasteiger partial charge on any atom is -0.327 e. The summed E-state index contributed by atoms with van der Waals surface area (Å²) in [5.41, 5.74) is 6.34. The van der Waals surface area contributed by atoms with Gasteiger partial charge in [-0.05, 0) is 0 Å². The number of fused-ring (bicyclic) bond motifs is 2. The SMILES string of the molecule is Cn1ncc2c1N=C1NNC(=O)CN1C2. The van der Waals surface area contributed by atoms with Crippen LogP contribution in [0.2, 0.25) is 0 Å². The summed E-state index contributed by atoms with van der Waals surface area (Å²) in [4.78, 5) is 17.4. The van der Waals surface area contributed by atoms with Gasteiger partial charge in [0.05, 0.1) is 12.7 Å². The Kier molecular flexibility index (Phi) is 1.50. The molecule has 1 aromatic heterocycles. The van der Waals surface area contributed by atoms with Gasteiger partial charge < -0.3 is 4.90 Å². The predicted octanol–water partition coefficient (Wildman–Crippen LogP) is -1.14. The van der Waals surface area contributed by atoms with E-state index in [2.05, 4.69) is 20.9 Å². The van der Waals surface area contributed by atoms with Crippen molar-refractivity contribution in [2.24, 2.45) is 12.0 Å². The van der Waals surface area contributed by atoms with Crippen LogP contribution in [0.3, 0.4) is 0 Å². The highest BCUT2D eigenvalue weighted by atomic mass is 16.2. The molecule has 15 heavy (non-hydrogen) atoms. The van der Waals surface area contributed by atoms with E-state index < -0.39 is 0 Å². The molecule has 1 aromatic rings. The lowest BCUT2D eigenvalue weighted by atomic mass is 10.2. The van der Waals surface area contributed by atoms with Crippen molar-refractivity contribution in [3.63, 3.8) is 0 Å². The summed E-state index contributed by atoms with van der Waals surface area (Å²) >= 11 is 0. The largest absolute Gasteiger partial charge is 0.327 e. The molecule has 0 unspecified atom stereocenters. The Balaban J connectivity index is 2.02. The number of hydrogen-bond donors (Lipinski definition) is 2. The number of aryl methyl sites for hydroxylation is 1. The van der Waals surface area contributed by atoms with Crippen LogP contribution in [0.4, 0.5) is 5.82 Å². The Hall–Kier alpha value is -2.05. The van der Waals surface area contributed by atoms with E-state index in [0.29, 0.717) is 19.0 Å². The summed E-state index contributed by atoms with van der Waals surface area (Å²) in [5.74, 6) is 1.46. The minimum absolute atomic E-state index is 0.0544. The summed E-state index contributed by atoms with van der Waals surface area (Å²) < 4.78 is 1.72. The minimum atomic E-state index is -0.0544. The van der Waals surface area contributed by atoms with E-state index >= 15 is 0 Å². The van der Waals surface area contributed by atoms with E-state index in [1.807, 2.05) is 11.9 Å². The van der Waals surface area contributed by atoms with Crippen molar-refractivity contribution in [1.29, 1.82) is 0 Å². The third-order valence-corrected chi connectivity index (χ3v) is 2.50. The summed E-state index contributed by atoms with van der Waals surface area (Å²) in [7, 11) is 1.85. The molecule has 1 saturated heterocycles. The molecule has 1 amide bonds. The lowest BCUT2D eigenvalue weighted by Gasteiger charge is -2.32. The Labute approximate surface area is 85.7 Å². The highest BCUT2D eigenvalue weighted by Crippen LogP contribution is 2.24. The van der Waals surface area contributed by atoms with Gasteiger partial charge in [-0.3, -0.25) is 20.3 Å². The molecule has 0 aliphatic carbocycles. The molecule has 0 atom stereocenters. The first-order valence-corrected chi connectivity index (χ1v) is 4.63. The summed E-state index contributed by atoms with van der Waals surface area (Å²) in [6.07, 6.45) is 1.78. The molecular weight excluding hydrogens is 196 g/mol. The number of hydrazine groups is 1. The number of hydrogen-bond acceptors (Lipinski definition) is 5. The van der Waals surface area contributed by atoms with Crippen LogP contribution in [0.1, 0.15) is 5.56 Å². The van der Waals surface area contributed by atoms with Crippen molar-refractivity contribution in [1.82, 2.24) is 25.5 Å². The number of aliphatic imine (C=N–C) groups is 1. The third kappa shape index (κ3) is 1.16. The first kappa shape index (κ1) is 8.27. The number of nitrogens with zero attached hydrogens (tertiary/aromatic N) is 4. The zero-order valence-electron chi connectivity index (χ0n) is 8.19. The second-order valence-corrected chi connectivity index (χ2v) is 3.58. The van der Waals surface area contributed by atoms with Crippen LogP contribution >= 0.6 is 0 Å². The molecular formula is C8H10N6O. The van der Waals surface area contributed by atoms with E-state index in [1.54, 1.807) is 10.9 Å². The van der Waals surface area contributed by atoms with E-state index in [-0.39, 0.29) is 5.91 Å². The smallest absolute Gasteiger partial charge is 0.258 e. The maximum Gasteiger partial charge on any atom is 0.258 e. The molecule has 2 N–H and O–H groups in total. The second kappa shape index (κ2) is 2.72. The number of carbonyl (C=O) groups excluding carboxylic acids is 1. The number of guanidine groups is 1. The molecule has 3 rings (SSSR count). The van der Waals surface area contributed by atoms with E-state index in [9.17, 15) is 4.79 Å². The van der Waals surface area contributed by atoms with Crippen molar-refractivity contribution in [2.45, 2.75) is 6.54 Å². The van der Waals surface area contributed by atoms with Gasteiger partial charge in [0.15, 0.2) is 5.82 Å². The zero-order valence-corrected chi connectivity index (χ0v) is 8.19. The predicted molar refractivity (Wildman–Crippen MR) is 52.0 cm³/mol. The van der Waals surface area contributed by atoms with Gasteiger partial charge in [-0.2, -0.15) is 10.1 Å². The average Bonchev–Trinajstić information content (AvgIpc) is 2.57. The number of aromatic nitrogens is 2. The molecule has 0 bridgehead atoms. The fourth-order valence-corrected chi connectivity index (χ4v) is 1.76. The lowest BCUT2D eigenvalue weighted by Crippen LogP contribution is -2.59. The molecule has 7 nitrogen and oxygen atoms in total. The van der Waals surface area contributed by atoms with Crippen LogP contribution in [-0.2, 0) is 18.4 Å². The molecule has 0 spiro atoms. The van der Waals surface area contributed by atoms with Crippen LogP contribution in [0.25, 0.3) is 0 Å². The van der Waals surface area contributed by atoms with Crippen LogP contribution in [0.5, 0.6) is 0 Å². The Morgan fingerprint density at radius 3 is 3.13 bits per heavy atom. The molecule has 0 radical (unpaired) electrons. The maximum atomic E-state index is 11.1. The topological polar surface area (TPSA) is 74.5 Å². The van der Waals surface area contributed by atoms with E-state index in [1.165, 1.54) is 0 Å². The van der Waals surface area contributed by atoms with E-state index in [4.69, 9.17) is 0 Å². The zero-order chi connectivity index (χ0) is 10.4. The standard InChI is InChI=1S/C8H10N6O/c1-13-7-5(2-9-13)3-14-4-6(15)11-12-8(14)10-7/h2H,3-4H2,1H3,(H,10,12)(H,11,15). The van der Waals surface area contributed by atoms with E-state index in [0.717, 1.165) is 11.4 Å². The summed E-state index contributed by atoms with van der Waals surface area (Å²) in [6.45, 7) is 1.00. The number of rotatable bonds is 0. The van der Waals surface area contributed by atoms with Crippen LogP contribution in [-0.4, -0.2) is 33.1 Å². The van der Waals surface area contributed by atoms with Gasteiger partial charge in [0.25, 0.3) is 5.91 Å². The molecule has 78 valence electrons. The highest BCUT2D eigenvalue weighted by Gasteiger charge is 2.27. The van der Waals surface area contributed by atoms with Crippen molar-refractivity contribution in [2.75, 3.05) is 6.54 Å². The Morgan fingerprint density at radius 1 is 1.40 bits per heavy atom. The van der Waals surface area contributed by atoms with Gasteiger partial charge in [0, 0.05) is 12.6 Å².